The van der Waals surface area contributed by atoms with Crippen molar-refractivity contribution >= 4 is 0 Å². The van der Waals surface area contributed by atoms with E-state index in [1.54, 1.807) is 0 Å². The molecule has 0 heteroatoms. The molecule has 86 valence electrons. The zero-order valence-corrected chi connectivity index (χ0v) is 11.0. The van der Waals surface area contributed by atoms with Crippen LogP contribution in [-0.2, 0) is 6.42 Å². The van der Waals surface area contributed by atoms with E-state index >= 15 is 0 Å². The van der Waals surface area contributed by atoms with Gasteiger partial charge in [0.25, 0.3) is 0 Å². The summed E-state index contributed by atoms with van der Waals surface area (Å²) in [6, 6.07) is 9.20. The summed E-state index contributed by atoms with van der Waals surface area (Å²) in [6.45, 7) is 8.88. The summed E-state index contributed by atoms with van der Waals surface area (Å²) >= 11 is 0. The molecule has 3 rings (SSSR count). The number of aryl methyl sites for hydroxylation is 3. The summed E-state index contributed by atoms with van der Waals surface area (Å²) < 4.78 is 0. The highest BCUT2D eigenvalue weighted by molar-refractivity contribution is 5.81. The summed E-state index contributed by atoms with van der Waals surface area (Å²) in [5.41, 5.74) is 11.6. The van der Waals surface area contributed by atoms with E-state index in [1.165, 1.54) is 44.5 Å². The van der Waals surface area contributed by atoms with Gasteiger partial charge in [-0.05, 0) is 73.1 Å². The smallest absolute Gasteiger partial charge is 0.00107 e. The van der Waals surface area contributed by atoms with Crippen LogP contribution in [0.3, 0.4) is 0 Å². The van der Waals surface area contributed by atoms with Crippen LogP contribution in [0, 0.1) is 27.7 Å². The van der Waals surface area contributed by atoms with Crippen LogP contribution in [0.1, 0.15) is 33.4 Å². The third-order valence-electron chi connectivity index (χ3n) is 4.08. The predicted octanol–water partition coefficient (Wildman–Crippen LogP) is 4.49. The highest BCUT2D eigenvalue weighted by Gasteiger charge is 2.22. The Kier molecular flexibility index (Phi) is 2.16. The molecule has 0 saturated carbocycles. The van der Waals surface area contributed by atoms with Crippen molar-refractivity contribution in [2.24, 2.45) is 0 Å². The van der Waals surface area contributed by atoms with Crippen molar-refractivity contribution in [3.63, 3.8) is 0 Å². The highest BCUT2D eigenvalue weighted by Crippen LogP contribution is 2.41. The van der Waals surface area contributed by atoms with Crippen LogP contribution in [0.5, 0.6) is 0 Å². The van der Waals surface area contributed by atoms with E-state index in [0.717, 1.165) is 6.42 Å². The third-order valence-corrected chi connectivity index (χ3v) is 4.08. The molecule has 0 fully saturated rings. The van der Waals surface area contributed by atoms with E-state index in [-0.39, 0.29) is 0 Å². The molecule has 0 heterocycles. The van der Waals surface area contributed by atoms with Gasteiger partial charge in [0, 0.05) is 0 Å². The average Bonchev–Trinajstić information content (AvgIpc) is 2.63. The van der Waals surface area contributed by atoms with Gasteiger partial charge < -0.3 is 0 Å². The van der Waals surface area contributed by atoms with Crippen molar-refractivity contribution in [1.82, 2.24) is 0 Å². The molecule has 0 N–H and O–H groups in total. The zero-order valence-electron chi connectivity index (χ0n) is 11.0. The van der Waals surface area contributed by atoms with Gasteiger partial charge in [-0.3, -0.25) is 0 Å². The fraction of sp³-hybridized carbons (Fsp3) is 0.294. The first-order valence-corrected chi connectivity index (χ1v) is 6.27. The Morgan fingerprint density at radius 2 is 1.65 bits per heavy atom. The van der Waals surface area contributed by atoms with E-state index < -0.39 is 0 Å². The number of fused-ring (bicyclic) bond motifs is 3. The lowest BCUT2D eigenvalue weighted by Crippen LogP contribution is -1.89. The number of hydrogen-bond acceptors (Lipinski definition) is 0. The summed E-state index contributed by atoms with van der Waals surface area (Å²) in [4.78, 5) is 0. The molecule has 17 heavy (non-hydrogen) atoms. The van der Waals surface area contributed by atoms with Crippen LogP contribution in [0.4, 0.5) is 0 Å². The quantitative estimate of drug-likeness (QED) is 0.525. The van der Waals surface area contributed by atoms with Gasteiger partial charge >= 0.3 is 0 Å². The molecule has 0 atom stereocenters. The molecule has 0 amide bonds. The second kappa shape index (κ2) is 3.46. The Morgan fingerprint density at radius 1 is 0.882 bits per heavy atom. The lowest BCUT2D eigenvalue weighted by molar-refractivity contribution is 1.20. The normalized spacial score (nSPS) is 12.5. The fourth-order valence-corrected chi connectivity index (χ4v) is 3.04. The molecular formula is C17H18. The van der Waals surface area contributed by atoms with Crippen molar-refractivity contribution in [3.05, 3.63) is 57.6 Å². The second-order valence-electron chi connectivity index (χ2n) is 5.33. The number of benzene rings is 2. The summed E-state index contributed by atoms with van der Waals surface area (Å²) in [5, 5.41) is 0. The topological polar surface area (TPSA) is 0 Å². The fourth-order valence-electron chi connectivity index (χ4n) is 3.04. The maximum absolute atomic E-state index is 2.35. The minimum atomic E-state index is 1.11. The van der Waals surface area contributed by atoms with Crippen LogP contribution >= 0.6 is 0 Å². The van der Waals surface area contributed by atoms with Gasteiger partial charge in [0.2, 0.25) is 0 Å². The molecule has 0 radical (unpaired) electrons. The van der Waals surface area contributed by atoms with Crippen LogP contribution in [0.25, 0.3) is 11.1 Å². The van der Waals surface area contributed by atoms with Crippen LogP contribution in [0.2, 0.25) is 0 Å². The van der Waals surface area contributed by atoms with Crippen molar-refractivity contribution < 1.29 is 0 Å². The zero-order chi connectivity index (χ0) is 12.2. The molecule has 0 aliphatic heterocycles. The Hall–Kier alpha value is -1.56. The second-order valence-corrected chi connectivity index (χ2v) is 5.33. The first-order chi connectivity index (χ1) is 8.08. The molecule has 0 bridgehead atoms. The molecule has 2 aromatic rings. The van der Waals surface area contributed by atoms with Gasteiger partial charge in [-0.15, -0.1) is 0 Å². The van der Waals surface area contributed by atoms with Crippen molar-refractivity contribution in [1.29, 1.82) is 0 Å². The van der Waals surface area contributed by atoms with Gasteiger partial charge in [0.05, 0.1) is 0 Å². The Morgan fingerprint density at radius 3 is 2.41 bits per heavy atom. The van der Waals surface area contributed by atoms with Gasteiger partial charge in [-0.25, -0.2) is 0 Å². The highest BCUT2D eigenvalue weighted by atomic mass is 14.3. The van der Waals surface area contributed by atoms with Crippen LogP contribution in [-0.4, -0.2) is 0 Å². The molecular weight excluding hydrogens is 204 g/mol. The van der Waals surface area contributed by atoms with E-state index in [9.17, 15) is 0 Å². The summed E-state index contributed by atoms with van der Waals surface area (Å²) in [5.74, 6) is 0. The Balaban J connectivity index is 2.37. The van der Waals surface area contributed by atoms with E-state index in [1.807, 2.05) is 0 Å². The molecule has 0 aromatic heterocycles. The SMILES string of the molecule is Cc1cc(C)c2c(c1)-c1c(ccc(C)c1C)C2. The number of rotatable bonds is 0. The first kappa shape index (κ1) is 10.6. The maximum Gasteiger partial charge on any atom is -0.00107 e. The monoisotopic (exact) mass is 222 g/mol. The first-order valence-electron chi connectivity index (χ1n) is 6.27. The van der Waals surface area contributed by atoms with E-state index in [2.05, 4.69) is 52.0 Å². The molecule has 1 aliphatic carbocycles. The molecule has 2 aromatic carbocycles. The van der Waals surface area contributed by atoms with Gasteiger partial charge in [-0.1, -0.05) is 29.8 Å². The molecule has 0 nitrogen and oxygen atoms in total. The number of hydrogen-bond donors (Lipinski definition) is 0. The lowest BCUT2D eigenvalue weighted by Gasteiger charge is -2.10. The Bertz CT molecular complexity index is 618. The van der Waals surface area contributed by atoms with Gasteiger partial charge in [0.1, 0.15) is 0 Å². The largest absolute Gasteiger partial charge is 0.0587 e. The molecule has 0 saturated heterocycles. The van der Waals surface area contributed by atoms with Crippen molar-refractivity contribution in [2.75, 3.05) is 0 Å². The summed E-state index contributed by atoms with van der Waals surface area (Å²) in [6.07, 6.45) is 1.11. The standard InChI is InChI=1S/C17H18/c1-10-7-12(3)15-9-14-6-5-11(2)13(4)17(14)16(15)8-10/h5-8H,9H2,1-4H3. The van der Waals surface area contributed by atoms with Crippen molar-refractivity contribution in [3.8, 4) is 11.1 Å². The van der Waals surface area contributed by atoms with E-state index in [0.29, 0.717) is 0 Å². The van der Waals surface area contributed by atoms with Gasteiger partial charge in [0.15, 0.2) is 0 Å². The van der Waals surface area contributed by atoms with Crippen molar-refractivity contribution in [2.45, 2.75) is 34.1 Å². The maximum atomic E-state index is 2.35. The minimum absolute atomic E-state index is 1.11. The lowest BCUT2D eigenvalue weighted by atomic mass is 9.95. The molecule has 0 spiro atoms. The molecule has 1 aliphatic rings. The molecule has 0 unspecified atom stereocenters. The van der Waals surface area contributed by atoms with Gasteiger partial charge in [-0.2, -0.15) is 0 Å². The van der Waals surface area contributed by atoms with Crippen LogP contribution < -0.4 is 0 Å². The van der Waals surface area contributed by atoms with E-state index in [4.69, 9.17) is 0 Å². The Labute approximate surface area is 103 Å². The predicted molar refractivity (Wildman–Crippen MR) is 73.6 cm³/mol. The third kappa shape index (κ3) is 1.44. The minimum Gasteiger partial charge on any atom is -0.0587 e. The van der Waals surface area contributed by atoms with Crippen LogP contribution in [0.15, 0.2) is 24.3 Å². The average molecular weight is 222 g/mol. The summed E-state index contributed by atoms with van der Waals surface area (Å²) in [7, 11) is 0.